The number of nitrogens with zero attached hydrogens (tertiary/aromatic N) is 1. The Morgan fingerprint density at radius 2 is 1.79 bits per heavy atom. The van der Waals surface area contributed by atoms with Crippen molar-refractivity contribution in [2.45, 2.75) is 78.2 Å². The van der Waals surface area contributed by atoms with Gasteiger partial charge in [0.1, 0.15) is 11.3 Å². The van der Waals surface area contributed by atoms with E-state index in [1.807, 2.05) is 13.8 Å². The van der Waals surface area contributed by atoms with Crippen LogP contribution in [0.4, 0.5) is 0 Å². The fourth-order valence-corrected chi connectivity index (χ4v) is 6.47. The molecule has 0 aromatic carbocycles. The summed E-state index contributed by atoms with van der Waals surface area (Å²) in [7, 11) is 0. The topological polar surface area (TPSA) is 55.1 Å². The first kappa shape index (κ1) is 16.2. The molecule has 4 saturated carbocycles. The molecule has 5 rings (SSSR count). The molecule has 0 spiro atoms. The molecular formula is C20H30N2O2. The van der Waals surface area contributed by atoms with Crippen LogP contribution in [0, 0.1) is 30.1 Å². The Bertz CT molecular complexity index is 598. The summed E-state index contributed by atoms with van der Waals surface area (Å²) in [5, 5.41) is 7.45. The van der Waals surface area contributed by atoms with Gasteiger partial charge in [0.15, 0.2) is 0 Å². The molecule has 4 bridgehead atoms. The second-order valence-corrected chi connectivity index (χ2v) is 8.63. The molecule has 0 radical (unpaired) electrons. The van der Waals surface area contributed by atoms with Crippen molar-refractivity contribution in [3.8, 4) is 0 Å². The predicted molar refractivity (Wildman–Crippen MR) is 92.8 cm³/mol. The first-order valence-electron chi connectivity index (χ1n) is 9.80. The zero-order chi connectivity index (χ0) is 16.9. The van der Waals surface area contributed by atoms with Gasteiger partial charge in [-0.25, -0.2) is 0 Å². The molecule has 0 aliphatic heterocycles. The van der Waals surface area contributed by atoms with Crippen molar-refractivity contribution in [2.75, 3.05) is 0 Å². The Balaban J connectivity index is 1.56. The molecule has 4 fully saturated rings. The van der Waals surface area contributed by atoms with Gasteiger partial charge in [0, 0.05) is 6.04 Å². The number of hydrogen-bond acceptors (Lipinski definition) is 3. The molecule has 24 heavy (non-hydrogen) atoms. The Morgan fingerprint density at radius 3 is 2.29 bits per heavy atom. The van der Waals surface area contributed by atoms with E-state index >= 15 is 0 Å². The summed E-state index contributed by atoms with van der Waals surface area (Å²) in [5.41, 5.74) is 1.79. The Labute approximate surface area is 144 Å². The highest BCUT2D eigenvalue weighted by atomic mass is 16.5. The largest absolute Gasteiger partial charge is 0.361 e. The minimum absolute atomic E-state index is 0.0215. The van der Waals surface area contributed by atoms with Gasteiger partial charge in [0.05, 0.1) is 5.69 Å². The highest BCUT2D eigenvalue weighted by Gasteiger charge is 2.54. The van der Waals surface area contributed by atoms with E-state index in [1.54, 1.807) is 0 Å². The van der Waals surface area contributed by atoms with Crippen LogP contribution in [0.15, 0.2) is 4.52 Å². The van der Waals surface area contributed by atoms with E-state index in [-0.39, 0.29) is 11.9 Å². The minimum atomic E-state index is 0.0215. The molecule has 4 nitrogen and oxygen atoms in total. The smallest absolute Gasteiger partial charge is 0.257 e. The van der Waals surface area contributed by atoms with Crippen LogP contribution >= 0.6 is 0 Å². The van der Waals surface area contributed by atoms with E-state index < -0.39 is 0 Å². The monoisotopic (exact) mass is 330 g/mol. The number of carbonyl (C=O) groups excluding carboxylic acids is 1. The zero-order valence-electron chi connectivity index (χ0n) is 15.2. The number of aromatic nitrogens is 1. The van der Waals surface area contributed by atoms with E-state index in [2.05, 4.69) is 17.4 Å². The lowest BCUT2D eigenvalue weighted by Gasteiger charge is -2.59. The van der Waals surface area contributed by atoms with Gasteiger partial charge in [-0.15, -0.1) is 0 Å². The maximum absolute atomic E-state index is 13.0. The average Bonchev–Trinajstić information content (AvgIpc) is 2.91. The van der Waals surface area contributed by atoms with E-state index in [4.69, 9.17) is 4.52 Å². The lowest BCUT2D eigenvalue weighted by atomic mass is 9.47. The van der Waals surface area contributed by atoms with Crippen LogP contribution in [0.5, 0.6) is 0 Å². The van der Waals surface area contributed by atoms with Gasteiger partial charge >= 0.3 is 0 Å². The first-order valence-corrected chi connectivity index (χ1v) is 9.80. The number of carbonyl (C=O) groups is 1. The summed E-state index contributed by atoms with van der Waals surface area (Å²) in [6.07, 6.45) is 10.0. The number of amides is 1. The summed E-state index contributed by atoms with van der Waals surface area (Å²) in [6.45, 7) is 6.09. The molecule has 1 aromatic heterocycles. The molecule has 1 atom stereocenters. The Hall–Kier alpha value is -1.32. The van der Waals surface area contributed by atoms with E-state index in [0.29, 0.717) is 16.7 Å². The maximum Gasteiger partial charge on any atom is 0.257 e. The fraction of sp³-hybridized carbons (Fsp3) is 0.800. The molecule has 1 amide bonds. The highest BCUT2D eigenvalue weighted by molar-refractivity contribution is 5.96. The zero-order valence-corrected chi connectivity index (χ0v) is 15.2. The second kappa shape index (κ2) is 5.89. The average molecular weight is 330 g/mol. The summed E-state index contributed by atoms with van der Waals surface area (Å²) < 4.78 is 5.26. The van der Waals surface area contributed by atoms with Crippen LogP contribution in [0.2, 0.25) is 0 Å². The molecule has 4 heteroatoms. The SMILES string of the molecule is CCc1noc(C)c1C(=O)N[C@@H](CC)C12CC3CC(CC(C3)C1)C2. The van der Waals surface area contributed by atoms with Crippen LogP contribution in [-0.2, 0) is 6.42 Å². The normalized spacial score (nSPS) is 35.2. The first-order chi connectivity index (χ1) is 11.5. The van der Waals surface area contributed by atoms with Crippen LogP contribution in [0.1, 0.15) is 80.6 Å². The molecular weight excluding hydrogens is 300 g/mol. The summed E-state index contributed by atoms with van der Waals surface area (Å²) in [5.74, 6) is 3.39. The number of aryl methyl sites for hydroxylation is 2. The van der Waals surface area contributed by atoms with Crippen molar-refractivity contribution >= 4 is 5.91 Å². The van der Waals surface area contributed by atoms with E-state index in [1.165, 1.54) is 38.5 Å². The second-order valence-electron chi connectivity index (χ2n) is 8.63. The molecule has 1 heterocycles. The molecule has 1 aromatic rings. The maximum atomic E-state index is 13.0. The van der Waals surface area contributed by atoms with Gasteiger partial charge < -0.3 is 9.84 Å². The standard InChI is InChI=1S/C20H30N2O2/c1-4-16-18(12(3)24-22-16)19(23)21-17(5-2)20-9-13-6-14(10-20)8-15(7-13)11-20/h13-15,17H,4-11H2,1-3H3,(H,21,23)/t13?,14?,15?,17-,20?/m0/s1. The minimum Gasteiger partial charge on any atom is -0.361 e. The number of rotatable bonds is 5. The van der Waals surface area contributed by atoms with Gasteiger partial charge in [-0.2, -0.15) is 0 Å². The van der Waals surface area contributed by atoms with E-state index in [0.717, 1.165) is 36.3 Å². The molecule has 132 valence electrons. The lowest BCUT2D eigenvalue weighted by Crippen LogP contribution is -2.56. The molecule has 4 aliphatic rings. The number of hydrogen-bond donors (Lipinski definition) is 1. The van der Waals surface area contributed by atoms with Gasteiger partial charge in [0.25, 0.3) is 5.91 Å². The molecule has 0 unspecified atom stereocenters. The van der Waals surface area contributed by atoms with Crippen molar-refractivity contribution < 1.29 is 9.32 Å². The highest BCUT2D eigenvalue weighted by Crippen LogP contribution is 2.61. The lowest BCUT2D eigenvalue weighted by molar-refractivity contribution is -0.0727. The summed E-state index contributed by atoms with van der Waals surface area (Å²) in [4.78, 5) is 13.0. The Morgan fingerprint density at radius 1 is 1.21 bits per heavy atom. The van der Waals surface area contributed by atoms with Gasteiger partial charge in [-0.1, -0.05) is 19.0 Å². The fourth-order valence-electron chi connectivity index (χ4n) is 6.47. The Kier molecular flexibility index (Phi) is 3.97. The van der Waals surface area contributed by atoms with Crippen LogP contribution in [0.3, 0.4) is 0 Å². The molecule has 4 aliphatic carbocycles. The molecule has 1 N–H and O–H groups in total. The summed E-state index contributed by atoms with van der Waals surface area (Å²) >= 11 is 0. The van der Waals surface area contributed by atoms with Gasteiger partial charge in [-0.3, -0.25) is 4.79 Å². The van der Waals surface area contributed by atoms with Crippen molar-refractivity contribution in [2.24, 2.45) is 23.2 Å². The van der Waals surface area contributed by atoms with Gasteiger partial charge in [-0.05, 0) is 81.5 Å². The van der Waals surface area contributed by atoms with Crippen LogP contribution in [0.25, 0.3) is 0 Å². The van der Waals surface area contributed by atoms with Crippen molar-refractivity contribution in [1.29, 1.82) is 0 Å². The quantitative estimate of drug-likeness (QED) is 0.877. The third-order valence-corrected chi connectivity index (χ3v) is 7.03. The molecule has 0 saturated heterocycles. The van der Waals surface area contributed by atoms with Crippen LogP contribution in [-0.4, -0.2) is 17.1 Å². The van der Waals surface area contributed by atoms with E-state index in [9.17, 15) is 4.79 Å². The predicted octanol–water partition coefficient (Wildman–Crippen LogP) is 4.27. The van der Waals surface area contributed by atoms with Crippen LogP contribution < -0.4 is 5.32 Å². The van der Waals surface area contributed by atoms with Crippen molar-refractivity contribution in [3.05, 3.63) is 17.0 Å². The summed E-state index contributed by atoms with van der Waals surface area (Å²) in [6, 6.07) is 0.289. The third kappa shape index (κ3) is 2.49. The van der Waals surface area contributed by atoms with Crippen molar-refractivity contribution in [1.82, 2.24) is 10.5 Å². The third-order valence-electron chi connectivity index (χ3n) is 7.03. The van der Waals surface area contributed by atoms with Crippen molar-refractivity contribution in [3.63, 3.8) is 0 Å². The van der Waals surface area contributed by atoms with Gasteiger partial charge in [0.2, 0.25) is 0 Å². The number of nitrogens with one attached hydrogen (secondary N) is 1.